The van der Waals surface area contributed by atoms with Crippen molar-refractivity contribution in [3.63, 3.8) is 0 Å². The van der Waals surface area contributed by atoms with Crippen LogP contribution in [0.15, 0.2) is 51.5 Å². The monoisotopic (exact) mass is 245 g/mol. The Hall–Kier alpha value is -2.07. The molecule has 92 valence electrons. The van der Waals surface area contributed by atoms with Gasteiger partial charge in [-0.2, -0.15) is 0 Å². The molecule has 0 saturated heterocycles. The number of benzene rings is 1. The molecule has 0 saturated carbocycles. The van der Waals surface area contributed by atoms with Gasteiger partial charge in [0.05, 0.1) is 6.26 Å². The Morgan fingerprint density at radius 3 is 2.72 bits per heavy atom. The first kappa shape index (κ1) is 11.0. The molecule has 1 aromatic carbocycles. The second kappa shape index (κ2) is 4.31. The van der Waals surface area contributed by atoms with E-state index >= 15 is 0 Å². The molecule has 3 rings (SSSR count). The highest BCUT2D eigenvalue weighted by atomic mass is 19.1. The van der Waals surface area contributed by atoms with Crippen molar-refractivity contribution >= 4 is 11.0 Å². The molecule has 0 amide bonds. The molecule has 4 heteroatoms. The third-order valence-electron chi connectivity index (χ3n) is 2.92. The number of hydrogen-bond donors (Lipinski definition) is 1. The molecule has 0 spiro atoms. The zero-order valence-electron chi connectivity index (χ0n) is 9.81. The van der Waals surface area contributed by atoms with Gasteiger partial charge in [-0.15, -0.1) is 0 Å². The van der Waals surface area contributed by atoms with Crippen LogP contribution in [0.3, 0.4) is 0 Å². The van der Waals surface area contributed by atoms with Crippen LogP contribution < -0.4 is 5.32 Å². The highest BCUT2D eigenvalue weighted by molar-refractivity contribution is 5.78. The summed E-state index contributed by atoms with van der Waals surface area (Å²) in [5, 5.41) is 3.84. The summed E-state index contributed by atoms with van der Waals surface area (Å²) in [5.74, 6) is 1.01. The molecule has 0 aliphatic rings. The molecule has 0 fully saturated rings. The highest BCUT2D eigenvalue weighted by Crippen LogP contribution is 2.29. The van der Waals surface area contributed by atoms with Crippen LogP contribution in [-0.2, 0) is 0 Å². The van der Waals surface area contributed by atoms with Crippen molar-refractivity contribution in [1.29, 1.82) is 0 Å². The van der Waals surface area contributed by atoms with E-state index in [-0.39, 0.29) is 17.4 Å². The maximum atomic E-state index is 13.6. The lowest BCUT2D eigenvalue weighted by Gasteiger charge is -2.09. The fourth-order valence-electron chi connectivity index (χ4n) is 2.07. The number of halogens is 1. The molecule has 1 atom stereocenters. The average molecular weight is 245 g/mol. The minimum absolute atomic E-state index is 0.216. The van der Waals surface area contributed by atoms with Crippen LogP contribution in [-0.4, -0.2) is 7.05 Å². The summed E-state index contributed by atoms with van der Waals surface area (Å²) in [6, 6.07) is 10.1. The van der Waals surface area contributed by atoms with Crippen LogP contribution in [0.25, 0.3) is 11.0 Å². The fraction of sp³-hybridized carbons (Fsp3) is 0.143. The Labute approximate surface area is 103 Å². The second-order valence-electron chi connectivity index (χ2n) is 4.04. The minimum Gasteiger partial charge on any atom is -0.467 e. The number of nitrogens with one attached hydrogen (secondary N) is 1. The predicted octanol–water partition coefficient (Wildman–Crippen LogP) is 3.47. The first-order chi connectivity index (χ1) is 8.79. The third kappa shape index (κ3) is 1.71. The molecule has 3 nitrogen and oxygen atoms in total. The van der Waals surface area contributed by atoms with E-state index < -0.39 is 0 Å². The van der Waals surface area contributed by atoms with E-state index in [9.17, 15) is 4.39 Å². The number of fused-ring (bicyclic) bond motifs is 1. The van der Waals surface area contributed by atoms with E-state index in [1.165, 1.54) is 6.07 Å². The first-order valence-electron chi connectivity index (χ1n) is 5.68. The minimum atomic E-state index is -0.354. The maximum absolute atomic E-state index is 13.6. The van der Waals surface area contributed by atoms with Crippen molar-refractivity contribution in [2.75, 3.05) is 7.05 Å². The molecule has 3 aromatic rings. The summed E-state index contributed by atoms with van der Waals surface area (Å²) in [4.78, 5) is 0. The smallest absolute Gasteiger partial charge is 0.169 e. The number of para-hydroxylation sites is 1. The van der Waals surface area contributed by atoms with Crippen LogP contribution in [0.1, 0.15) is 17.6 Å². The topological polar surface area (TPSA) is 38.3 Å². The number of rotatable bonds is 3. The van der Waals surface area contributed by atoms with Crippen molar-refractivity contribution < 1.29 is 13.2 Å². The molecule has 2 heterocycles. The van der Waals surface area contributed by atoms with Crippen molar-refractivity contribution in [3.05, 3.63) is 60.0 Å². The van der Waals surface area contributed by atoms with Crippen LogP contribution in [0.2, 0.25) is 0 Å². The van der Waals surface area contributed by atoms with Crippen molar-refractivity contribution in [2.45, 2.75) is 6.04 Å². The van der Waals surface area contributed by atoms with Gasteiger partial charge in [0.15, 0.2) is 11.4 Å². The molecule has 1 unspecified atom stereocenters. The first-order valence-corrected chi connectivity index (χ1v) is 5.68. The molecular weight excluding hydrogens is 233 g/mol. The Kier molecular flexibility index (Phi) is 2.64. The summed E-state index contributed by atoms with van der Waals surface area (Å²) in [6.45, 7) is 0. The zero-order valence-corrected chi connectivity index (χ0v) is 9.81. The SMILES string of the molecule is CNC(c1ccco1)c1cc2cccc(F)c2o1. The fourth-order valence-corrected chi connectivity index (χ4v) is 2.07. The number of furan rings is 2. The van der Waals surface area contributed by atoms with Gasteiger partial charge in [-0.3, -0.25) is 0 Å². The van der Waals surface area contributed by atoms with E-state index in [0.29, 0.717) is 5.76 Å². The predicted molar refractivity (Wildman–Crippen MR) is 65.8 cm³/mol. The molecular formula is C14H12FNO2. The second-order valence-corrected chi connectivity index (χ2v) is 4.04. The van der Waals surface area contributed by atoms with Crippen LogP contribution in [0.4, 0.5) is 4.39 Å². The third-order valence-corrected chi connectivity index (χ3v) is 2.92. The van der Waals surface area contributed by atoms with Crippen LogP contribution >= 0.6 is 0 Å². The Balaban J connectivity index is 2.11. The van der Waals surface area contributed by atoms with E-state index in [4.69, 9.17) is 8.83 Å². The van der Waals surface area contributed by atoms with Crippen LogP contribution in [0, 0.1) is 5.82 Å². The Morgan fingerprint density at radius 1 is 1.17 bits per heavy atom. The molecule has 0 aliphatic heterocycles. The quantitative estimate of drug-likeness (QED) is 0.767. The van der Waals surface area contributed by atoms with E-state index in [2.05, 4.69) is 5.32 Å². The van der Waals surface area contributed by atoms with Gasteiger partial charge >= 0.3 is 0 Å². The summed E-state index contributed by atoms with van der Waals surface area (Å²) < 4.78 is 24.5. The van der Waals surface area contributed by atoms with Gasteiger partial charge < -0.3 is 14.2 Å². The van der Waals surface area contributed by atoms with E-state index in [1.54, 1.807) is 19.4 Å². The van der Waals surface area contributed by atoms with Crippen molar-refractivity contribution in [3.8, 4) is 0 Å². The lowest BCUT2D eigenvalue weighted by atomic mass is 10.1. The molecule has 1 N–H and O–H groups in total. The lowest BCUT2D eigenvalue weighted by molar-refractivity contribution is 0.411. The highest BCUT2D eigenvalue weighted by Gasteiger charge is 2.20. The van der Waals surface area contributed by atoms with Gasteiger partial charge in [-0.05, 0) is 31.3 Å². The molecule has 18 heavy (non-hydrogen) atoms. The van der Waals surface area contributed by atoms with Gasteiger partial charge in [0, 0.05) is 5.39 Å². The summed E-state index contributed by atoms with van der Waals surface area (Å²) in [6.07, 6.45) is 1.60. The van der Waals surface area contributed by atoms with Gasteiger partial charge in [-0.25, -0.2) is 4.39 Å². The normalized spacial score (nSPS) is 13.0. The molecule has 0 aliphatic carbocycles. The van der Waals surface area contributed by atoms with Gasteiger partial charge in [0.25, 0.3) is 0 Å². The van der Waals surface area contributed by atoms with E-state index in [0.717, 1.165) is 11.1 Å². The average Bonchev–Trinajstić information content (AvgIpc) is 3.00. The van der Waals surface area contributed by atoms with Crippen molar-refractivity contribution in [1.82, 2.24) is 5.32 Å². The molecule has 0 radical (unpaired) electrons. The molecule has 2 aromatic heterocycles. The van der Waals surface area contributed by atoms with Gasteiger partial charge in [-0.1, -0.05) is 12.1 Å². The summed E-state index contributed by atoms with van der Waals surface area (Å²) in [5.41, 5.74) is 0.277. The largest absolute Gasteiger partial charge is 0.467 e. The zero-order chi connectivity index (χ0) is 12.5. The van der Waals surface area contributed by atoms with Gasteiger partial charge in [0.2, 0.25) is 0 Å². The number of hydrogen-bond acceptors (Lipinski definition) is 3. The van der Waals surface area contributed by atoms with Crippen molar-refractivity contribution in [2.24, 2.45) is 0 Å². The standard InChI is InChI=1S/C14H12FNO2/c1-16-13(11-6-3-7-17-11)12-8-9-4-2-5-10(15)14(9)18-12/h2-8,13,16H,1H3. The summed E-state index contributed by atoms with van der Waals surface area (Å²) >= 11 is 0. The van der Waals surface area contributed by atoms with E-state index in [1.807, 2.05) is 24.3 Å². The molecule has 0 bridgehead atoms. The lowest BCUT2D eigenvalue weighted by Crippen LogP contribution is -2.16. The summed E-state index contributed by atoms with van der Waals surface area (Å²) in [7, 11) is 1.80. The Bertz CT molecular complexity index is 658. The van der Waals surface area contributed by atoms with Crippen LogP contribution in [0.5, 0.6) is 0 Å². The Morgan fingerprint density at radius 2 is 2.06 bits per heavy atom. The maximum Gasteiger partial charge on any atom is 0.169 e. The van der Waals surface area contributed by atoms with Gasteiger partial charge in [0.1, 0.15) is 17.6 Å².